The van der Waals surface area contributed by atoms with E-state index >= 15 is 0 Å². The van der Waals surface area contributed by atoms with Crippen molar-refractivity contribution in [1.82, 2.24) is 0 Å². The molecule has 0 saturated carbocycles. The largest absolute Gasteiger partial charge is 0.393 e. The maximum atomic E-state index is 12.4. The van der Waals surface area contributed by atoms with Crippen LogP contribution in [0.3, 0.4) is 0 Å². The van der Waals surface area contributed by atoms with E-state index < -0.39 is 0 Å². The third-order valence-corrected chi connectivity index (χ3v) is 5.83. The summed E-state index contributed by atoms with van der Waals surface area (Å²) in [5.41, 5.74) is -0.545. The van der Waals surface area contributed by atoms with Crippen molar-refractivity contribution in [1.29, 1.82) is 0 Å². The van der Waals surface area contributed by atoms with Gasteiger partial charge in [-0.05, 0) is 22.7 Å². The van der Waals surface area contributed by atoms with Crippen molar-refractivity contribution in [2.45, 2.75) is 68.2 Å². The van der Waals surface area contributed by atoms with Gasteiger partial charge in [-0.2, -0.15) is 0 Å². The van der Waals surface area contributed by atoms with Gasteiger partial charge in [0.05, 0.1) is 11.8 Å². The normalized spacial score (nSPS) is 27.4. The van der Waals surface area contributed by atoms with Crippen LogP contribution in [0, 0.1) is 28.1 Å². The molecule has 0 bridgehead atoms. The molecule has 3 heteroatoms. The van der Waals surface area contributed by atoms with Gasteiger partial charge in [-0.25, -0.2) is 0 Å². The highest BCUT2D eigenvalue weighted by molar-refractivity contribution is 5.97. The van der Waals surface area contributed by atoms with Crippen LogP contribution in [0.25, 0.3) is 0 Å². The minimum Gasteiger partial charge on any atom is -0.393 e. The SMILES string of the molecule is CCC(C)(C)C(C)(CC)C1C(=O)OC(=O)C1C(C)(C)C. The molecule has 0 aliphatic carbocycles. The van der Waals surface area contributed by atoms with Gasteiger partial charge in [-0.3, -0.25) is 9.59 Å². The molecular formula is C17H30O3. The average Bonchev–Trinajstić information content (AvgIpc) is 2.62. The smallest absolute Gasteiger partial charge is 0.318 e. The second-order valence-corrected chi connectivity index (χ2v) is 8.07. The molecule has 20 heavy (non-hydrogen) atoms. The first-order valence-electron chi connectivity index (χ1n) is 7.68. The average molecular weight is 282 g/mol. The summed E-state index contributed by atoms with van der Waals surface area (Å²) in [6.07, 6.45) is 1.82. The molecule has 0 aromatic rings. The fraction of sp³-hybridized carbons (Fsp3) is 0.882. The van der Waals surface area contributed by atoms with Crippen molar-refractivity contribution in [2.75, 3.05) is 0 Å². The monoisotopic (exact) mass is 282 g/mol. The highest BCUT2D eigenvalue weighted by atomic mass is 16.6. The topological polar surface area (TPSA) is 43.4 Å². The van der Waals surface area contributed by atoms with Crippen LogP contribution in [0.2, 0.25) is 0 Å². The minimum absolute atomic E-state index is 0.0282. The first kappa shape index (κ1) is 17.2. The molecule has 0 aromatic heterocycles. The molecule has 3 nitrogen and oxygen atoms in total. The summed E-state index contributed by atoms with van der Waals surface area (Å²) in [7, 11) is 0. The lowest BCUT2D eigenvalue weighted by Crippen LogP contribution is -2.48. The van der Waals surface area contributed by atoms with Crippen LogP contribution >= 0.6 is 0 Å². The molecule has 1 saturated heterocycles. The van der Waals surface area contributed by atoms with Gasteiger partial charge in [-0.15, -0.1) is 0 Å². The van der Waals surface area contributed by atoms with Crippen LogP contribution in [-0.4, -0.2) is 11.9 Å². The van der Waals surface area contributed by atoms with Crippen LogP contribution in [0.5, 0.6) is 0 Å². The van der Waals surface area contributed by atoms with E-state index in [0.29, 0.717) is 0 Å². The van der Waals surface area contributed by atoms with E-state index in [4.69, 9.17) is 4.74 Å². The van der Waals surface area contributed by atoms with Gasteiger partial charge < -0.3 is 4.74 Å². The highest BCUT2D eigenvalue weighted by Gasteiger charge is 2.60. The van der Waals surface area contributed by atoms with Gasteiger partial charge >= 0.3 is 11.9 Å². The summed E-state index contributed by atoms with van der Waals surface area (Å²) in [6.45, 7) is 16.8. The fourth-order valence-electron chi connectivity index (χ4n) is 3.50. The molecule has 1 rings (SSSR count). The quantitative estimate of drug-likeness (QED) is 0.573. The van der Waals surface area contributed by atoms with Gasteiger partial charge in [0.2, 0.25) is 0 Å². The maximum absolute atomic E-state index is 12.4. The summed E-state index contributed by atoms with van der Waals surface area (Å²) >= 11 is 0. The van der Waals surface area contributed by atoms with Crippen LogP contribution in [0.15, 0.2) is 0 Å². The fourth-order valence-corrected chi connectivity index (χ4v) is 3.50. The molecule has 0 spiro atoms. The third kappa shape index (κ3) is 2.51. The molecule has 116 valence electrons. The van der Waals surface area contributed by atoms with Gasteiger partial charge in [0.15, 0.2) is 0 Å². The number of rotatable bonds is 4. The van der Waals surface area contributed by atoms with Gasteiger partial charge in [-0.1, -0.05) is 61.8 Å². The van der Waals surface area contributed by atoms with Crippen molar-refractivity contribution in [2.24, 2.45) is 28.1 Å². The Morgan fingerprint density at radius 1 is 0.850 bits per heavy atom. The second kappa shape index (κ2) is 5.16. The van der Waals surface area contributed by atoms with E-state index in [9.17, 15) is 9.59 Å². The van der Waals surface area contributed by atoms with Crippen molar-refractivity contribution >= 4 is 11.9 Å². The lowest BCUT2D eigenvalue weighted by atomic mass is 9.53. The zero-order valence-electron chi connectivity index (χ0n) is 14.3. The Hall–Kier alpha value is -0.860. The van der Waals surface area contributed by atoms with Crippen molar-refractivity contribution < 1.29 is 14.3 Å². The highest BCUT2D eigenvalue weighted by Crippen LogP contribution is 2.56. The molecule has 1 fully saturated rings. The number of hydrogen-bond acceptors (Lipinski definition) is 3. The number of ether oxygens (including phenoxy) is 1. The van der Waals surface area contributed by atoms with E-state index in [1.807, 2.05) is 20.8 Å². The van der Waals surface area contributed by atoms with Crippen LogP contribution in [0.4, 0.5) is 0 Å². The number of esters is 2. The van der Waals surface area contributed by atoms with Crippen LogP contribution < -0.4 is 0 Å². The Labute approximate surface area is 123 Å². The lowest BCUT2D eigenvalue weighted by Gasteiger charge is -2.49. The maximum Gasteiger partial charge on any atom is 0.318 e. The van der Waals surface area contributed by atoms with Crippen molar-refractivity contribution in [3.63, 3.8) is 0 Å². The molecule has 0 aromatic carbocycles. The van der Waals surface area contributed by atoms with E-state index in [-0.39, 0.29) is 40.0 Å². The number of carbonyl (C=O) groups is 2. The number of carbonyl (C=O) groups excluding carboxylic acids is 2. The van der Waals surface area contributed by atoms with Gasteiger partial charge in [0.1, 0.15) is 0 Å². The van der Waals surface area contributed by atoms with Crippen molar-refractivity contribution in [3.05, 3.63) is 0 Å². The Morgan fingerprint density at radius 2 is 1.30 bits per heavy atom. The molecule has 0 amide bonds. The second-order valence-electron chi connectivity index (χ2n) is 8.07. The van der Waals surface area contributed by atoms with Crippen LogP contribution in [0.1, 0.15) is 68.2 Å². The Balaban J connectivity index is 3.38. The molecule has 1 aliphatic heterocycles. The summed E-state index contributed by atoms with van der Waals surface area (Å²) in [5, 5.41) is 0. The molecule has 0 N–H and O–H groups in total. The molecule has 1 aliphatic rings. The van der Waals surface area contributed by atoms with Crippen LogP contribution in [-0.2, 0) is 14.3 Å². The van der Waals surface area contributed by atoms with Gasteiger partial charge in [0, 0.05) is 0 Å². The predicted molar refractivity (Wildman–Crippen MR) is 80.0 cm³/mol. The van der Waals surface area contributed by atoms with E-state index in [1.54, 1.807) is 0 Å². The molecule has 1 heterocycles. The third-order valence-electron chi connectivity index (χ3n) is 5.83. The standard InChI is InChI=1S/C17H30O3/c1-9-16(6,7)17(8,10-2)12-11(15(3,4)5)13(18)20-14(12)19/h11-12H,9-10H2,1-8H3. The summed E-state index contributed by atoms with van der Waals surface area (Å²) in [4.78, 5) is 24.5. The first-order valence-corrected chi connectivity index (χ1v) is 7.68. The number of hydrogen-bond donors (Lipinski definition) is 0. The molecular weight excluding hydrogens is 252 g/mol. The van der Waals surface area contributed by atoms with Crippen molar-refractivity contribution in [3.8, 4) is 0 Å². The Kier molecular flexibility index (Phi) is 4.43. The lowest BCUT2D eigenvalue weighted by molar-refractivity contribution is -0.156. The van der Waals surface area contributed by atoms with Gasteiger partial charge in [0.25, 0.3) is 0 Å². The zero-order valence-corrected chi connectivity index (χ0v) is 14.3. The van der Waals surface area contributed by atoms with E-state index in [2.05, 4.69) is 34.6 Å². The van der Waals surface area contributed by atoms with E-state index in [0.717, 1.165) is 12.8 Å². The summed E-state index contributed by atoms with van der Waals surface area (Å²) in [5.74, 6) is -1.39. The number of cyclic esters (lactones) is 2. The summed E-state index contributed by atoms with van der Waals surface area (Å²) in [6, 6.07) is 0. The Morgan fingerprint density at radius 3 is 1.65 bits per heavy atom. The Bertz CT molecular complexity index is 403. The molecule has 3 atom stereocenters. The molecule has 0 radical (unpaired) electrons. The van der Waals surface area contributed by atoms with E-state index in [1.165, 1.54) is 0 Å². The first-order chi connectivity index (χ1) is 8.92. The predicted octanol–water partition coefficient (Wildman–Crippen LogP) is 4.20. The minimum atomic E-state index is -0.356. The molecule has 3 unspecified atom stereocenters. The zero-order chi connectivity index (χ0) is 15.9. The summed E-state index contributed by atoms with van der Waals surface area (Å²) < 4.78 is 5.02.